The number of unbranched alkanes of at least 4 members (excludes halogenated alkanes) is 10. The minimum Gasteiger partial charge on any atom is -0.326 e. The van der Waals surface area contributed by atoms with Crippen LogP contribution in [0.1, 0.15) is 108 Å². The van der Waals surface area contributed by atoms with Gasteiger partial charge in [-0.3, -0.25) is 25.2 Å². The van der Waals surface area contributed by atoms with Crippen LogP contribution in [0.2, 0.25) is 0 Å². The normalized spacial score (nSPS) is 10.5. The van der Waals surface area contributed by atoms with Gasteiger partial charge >= 0.3 is 0 Å². The van der Waals surface area contributed by atoms with Crippen molar-refractivity contribution < 1.29 is 14.4 Å². The monoisotopic (exact) mass is 417 g/mol. The number of hydrazine groups is 1. The number of rotatable bonds is 15. The summed E-state index contributed by atoms with van der Waals surface area (Å²) in [5.74, 6) is -0.636. The Hall–Kier alpha value is -2.37. The summed E-state index contributed by atoms with van der Waals surface area (Å²) in [6, 6.07) is 6.54. The van der Waals surface area contributed by atoms with Crippen molar-refractivity contribution >= 4 is 23.4 Å². The van der Waals surface area contributed by atoms with Crippen molar-refractivity contribution in [2.24, 2.45) is 0 Å². The molecule has 0 spiro atoms. The van der Waals surface area contributed by atoms with Gasteiger partial charge in [-0.2, -0.15) is 0 Å². The molecule has 0 saturated carbocycles. The van der Waals surface area contributed by atoms with Gasteiger partial charge in [-0.1, -0.05) is 78.1 Å². The first kappa shape index (κ1) is 25.7. The molecule has 1 aromatic rings. The Morgan fingerprint density at radius 2 is 1.20 bits per heavy atom. The molecule has 0 heterocycles. The second kappa shape index (κ2) is 16.4. The zero-order valence-corrected chi connectivity index (χ0v) is 18.7. The maximum atomic E-state index is 12.1. The topological polar surface area (TPSA) is 87.3 Å². The molecule has 30 heavy (non-hydrogen) atoms. The summed E-state index contributed by atoms with van der Waals surface area (Å²) in [6.07, 6.45) is 14.4. The quantitative estimate of drug-likeness (QED) is 0.260. The molecule has 168 valence electrons. The Kier molecular flexibility index (Phi) is 14.1. The summed E-state index contributed by atoms with van der Waals surface area (Å²) in [7, 11) is 0. The number of hydrogen-bond donors (Lipinski definition) is 3. The SMILES string of the molecule is CCCCCCCCCCCCCC(=O)NNC(=O)c1ccc(NC(=O)CC)cc1. The van der Waals surface area contributed by atoms with E-state index in [-0.39, 0.29) is 17.7 Å². The Balaban J connectivity index is 2.07. The van der Waals surface area contributed by atoms with Gasteiger partial charge in [-0.15, -0.1) is 0 Å². The summed E-state index contributed by atoms with van der Waals surface area (Å²) < 4.78 is 0. The third-order valence-corrected chi connectivity index (χ3v) is 5.07. The van der Waals surface area contributed by atoms with Crippen LogP contribution in [0.4, 0.5) is 5.69 Å². The van der Waals surface area contributed by atoms with Crippen LogP contribution < -0.4 is 16.2 Å². The number of carbonyl (C=O) groups excluding carboxylic acids is 3. The van der Waals surface area contributed by atoms with Crippen LogP contribution in [0, 0.1) is 0 Å². The minimum absolute atomic E-state index is 0.0816. The van der Waals surface area contributed by atoms with Gasteiger partial charge in [-0.25, -0.2) is 0 Å². The molecular formula is C24H39N3O3. The van der Waals surface area contributed by atoms with Crippen molar-refractivity contribution in [2.45, 2.75) is 97.3 Å². The van der Waals surface area contributed by atoms with Crippen molar-refractivity contribution in [2.75, 3.05) is 5.32 Å². The number of hydrogen-bond acceptors (Lipinski definition) is 3. The summed E-state index contributed by atoms with van der Waals surface area (Å²) in [5.41, 5.74) is 5.95. The zero-order valence-electron chi connectivity index (χ0n) is 18.7. The molecular weight excluding hydrogens is 378 g/mol. The first-order valence-electron chi connectivity index (χ1n) is 11.6. The predicted octanol–water partition coefficient (Wildman–Crippen LogP) is 5.50. The van der Waals surface area contributed by atoms with Gasteiger partial charge < -0.3 is 5.32 Å². The molecule has 1 aromatic carbocycles. The minimum atomic E-state index is -0.379. The van der Waals surface area contributed by atoms with Crippen molar-refractivity contribution in [3.8, 4) is 0 Å². The van der Waals surface area contributed by atoms with E-state index < -0.39 is 0 Å². The highest BCUT2D eigenvalue weighted by atomic mass is 16.2. The van der Waals surface area contributed by atoms with Crippen LogP contribution in [0.3, 0.4) is 0 Å². The van der Waals surface area contributed by atoms with Crippen LogP contribution in [0.25, 0.3) is 0 Å². The molecule has 0 fully saturated rings. The highest BCUT2D eigenvalue weighted by Crippen LogP contribution is 2.12. The van der Waals surface area contributed by atoms with Crippen LogP contribution >= 0.6 is 0 Å². The predicted molar refractivity (Wildman–Crippen MR) is 122 cm³/mol. The van der Waals surface area contributed by atoms with Crippen molar-refractivity contribution in [1.29, 1.82) is 0 Å². The van der Waals surface area contributed by atoms with E-state index in [1.54, 1.807) is 31.2 Å². The number of benzene rings is 1. The van der Waals surface area contributed by atoms with Gasteiger partial charge in [0.05, 0.1) is 0 Å². The van der Waals surface area contributed by atoms with Crippen LogP contribution in [-0.4, -0.2) is 17.7 Å². The van der Waals surface area contributed by atoms with E-state index in [2.05, 4.69) is 23.1 Å². The summed E-state index contributed by atoms with van der Waals surface area (Å²) in [6.45, 7) is 4.01. The lowest BCUT2D eigenvalue weighted by Crippen LogP contribution is -2.41. The largest absolute Gasteiger partial charge is 0.326 e. The lowest BCUT2D eigenvalue weighted by Gasteiger charge is -2.08. The molecule has 0 radical (unpaired) electrons. The molecule has 0 aliphatic carbocycles. The average molecular weight is 418 g/mol. The second-order valence-electron chi connectivity index (χ2n) is 7.77. The molecule has 0 saturated heterocycles. The first-order valence-corrected chi connectivity index (χ1v) is 11.6. The van der Waals surface area contributed by atoms with E-state index in [1.807, 2.05) is 0 Å². The molecule has 0 atom stereocenters. The lowest BCUT2D eigenvalue weighted by molar-refractivity contribution is -0.122. The second-order valence-corrected chi connectivity index (χ2v) is 7.77. The molecule has 0 aliphatic rings. The number of nitrogens with one attached hydrogen (secondary N) is 3. The van der Waals surface area contributed by atoms with Gasteiger partial charge in [0.15, 0.2) is 0 Å². The first-order chi connectivity index (χ1) is 14.6. The van der Waals surface area contributed by atoms with E-state index in [0.717, 1.165) is 19.3 Å². The number of carbonyl (C=O) groups is 3. The zero-order chi connectivity index (χ0) is 22.0. The Morgan fingerprint density at radius 3 is 1.73 bits per heavy atom. The third-order valence-electron chi connectivity index (χ3n) is 5.07. The van der Waals surface area contributed by atoms with Gasteiger partial charge in [-0.05, 0) is 30.7 Å². The van der Waals surface area contributed by atoms with Gasteiger partial charge in [0.1, 0.15) is 0 Å². The molecule has 3 N–H and O–H groups in total. The Morgan fingerprint density at radius 1 is 0.667 bits per heavy atom. The highest BCUT2D eigenvalue weighted by molar-refractivity contribution is 5.96. The molecule has 0 aromatic heterocycles. The van der Waals surface area contributed by atoms with E-state index in [4.69, 9.17) is 0 Å². The molecule has 0 bridgehead atoms. The fraction of sp³-hybridized carbons (Fsp3) is 0.625. The van der Waals surface area contributed by atoms with E-state index in [0.29, 0.717) is 24.1 Å². The maximum absolute atomic E-state index is 12.1. The standard InChI is InChI=1S/C24H39N3O3/c1-3-5-6-7-8-9-10-11-12-13-14-15-23(29)26-27-24(30)20-16-18-21(19-17-20)25-22(28)4-2/h16-19H,3-15H2,1-2H3,(H,25,28)(H,26,29)(H,27,30). The van der Waals surface area contributed by atoms with E-state index in [9.17, 15) is 14.4 Å². The summed E-state index contributed by atoms with van der Waals surface area (Å²) in [5, 5.41) is 2.72. The molecule has 6 heteroatoms. The van der Waals surface area contributed by atoms with E-state index in [1.165, 1.54) is 51.4 Å². The van der Waals surface area contributed by atoms with Crippen molar-refractivity contribution in [3.05, 3.63) is 29.8 Å². The smallest absolute Gasteiger partial charge is 0.269 e. The molecule has 0 unspecified atom stereocenters. The van der Waals surface area contributed by atoms with Crippen molar-refractivity contribution in [3.63, 3.8) is 0 Å². The fourth-order valence-corrected chi connectivity index (χ4v) is 3.17. The van der Waals surface area contributed by atoms with Gasteiger partial charge in [0.2, 0.25) is 11.8 Å². The van der Waals surface area contributed by atoms with Crippen LogP contribution in [-0.2, 0) is 9.59 Å². The Labute approximate surface area is 181 Å². The van der Waals surface area contributed by atoms with Crippen LogP contribution in [0.15, 0.2) is 24.3 Å². The highest BCUT2D eigenvalue weighted by Gasteiger charge is 2.08. The van der Waals surface area contributed by atoms with Crippen LogP contribution in [0.5, 0.6) is 0 Å². The Bertz CT molecular complexity index is 629. The number of amides is 3. The maximum Gasteiger partial charge on any atom is 0.269 e. The summed E-state index contributed by atoms with van der Waals surface area (Å²) >= 11 is 0. The van der Waals surface area contributed by atoms with E-state index >= 15 is 0 Å². The molecule has 0 aliphatic heterocycles. The average Bonchev–Trinajstić information content (AvgIpc) is 2.76. The third kappa shape index (κ3) is 12.2. The lowest BCUT2D eigenvalue weighted by atomic mass is 10.1. The molecule has 1 rings (SSSR count). The summed E-state index contributed by atoms with van der Waals surface area (Å²) in [4.78, 5) is 35.3. The number of anilines is 1. The van der Waals surface area contributed by atoms with Gasteiger partial charge in [0, 0.05) is 24.1 Å². The fourth-order valence-electron chi connectivity index (χ4n) is 3.17. The molecule has 3 amide bonds. The molecule has 6 nitrogen and oxygen atoms in total. The van der Waals surface area contributed by atoms with Gasteiger partial charge in [0.25, 0.3) is 5.91 Å². The van der Waals surface area contributed by atoms with Crippen molar-refractivity contribution in [1.82, 2.24) is 10.9 Å².